The van der Waals surface area contributed by atoms with Crippen LogP contribution in [-0.2, 0) is 14.8 Å². The number of piperidine rings is 1. The minimum atomic E-state index is -3.70. The third-order valence-electron chi connectivity index (χ3n) is 6.10. The number of carbonyl (C=O) groups excluding carboxylic acids is 1. The molecule has 1 aromatic rings. The highest BCUT2D eigenvalue weighted by Gasteiger charge is 2.42. The van der Waals surface area contributed by atoms with Gasteiger partial charge in [-0.1, -0.05) is 12.8 Å². The van der Waals surface area contributed by atoms with Gasteiger partial charge in [-0.25, -0.2) is 12.8 Å². The Bertz CT molecular complexity index is 786. The van der Waals surface area contributed by atoms with Crippen molar-refractivity contribution in [2.45, 2.75) is 68.3 Å². The summed E-state index contributed by atoms with van der Waals surface area (Å²) < 4.78 is 40.4. The first-order valence-corrected chi connectivity index (χ1v) is 11.5. The lowest BCUT2D eigenvalue weighted by Crippen LogP contribution is -2.49. The first-order valence-electron chi connectivity index (χ1n) is 10.0. The molecule has 2 aliphatic carbocycles. The molecular formula is C20H27FN2O3S. The van der Waals surface area contributed by atoms with Crippen molar-refractivity contribution in [3.8, 4) is 0 Å². The number of benzene rings is 1. The normalized spacial score (nSPS) is 24.9. The van der Waals surface area contributed by atoms with Gasteiger partial charge in [0.05, 0.1) is 10.8 Å². The number of nitrogens with zero attached hydrogens (tertiary/aromatic N) is 2. The fourth-order valence-electron chi connectivity index (χ4n) is 4.52. The van der Waals surface area contributed by atoms with E-state index >= 15 is 0 Å². The molecule has 2 saturated carbocycles. The van der Waals surface area contributed by atoms with E-state index in [1.54, 1.807) is 0 Å². The fraction of sp³-hybridized carbons (Fsp3) is 0.650. The third kappa shape index (κ3) is 3.90. The van der Waals surface area contributed by atoms with Gasteiger partial charge in [-0.2, -0.15) is 4.31 Å². The van der Waals surface area contributed by atoms with Crippen LogP contribution in [0.5, 0.6) is 0 Å². The molecule has 1 aliphatic heterocycles. The Kier molecular flexibility index (Phi) is 5.25. The number of halogens is 1. The maximum atomic E-state index is 13.3. The van der Waals surface area contributed by atoms with Crippen LogP contribution in [0.25, 0.3) is 0 Å². The van der Waals surface area contributed by atoms with E-state index in [4.69, 9.17) is 0 Å². The number of sulfonamides is 1. The molecule has 0 bridgehead atoms. The van der Waals surface area contributed by atoms with Gasteiger partial charge >= 0.3 is 0 Å². The summed E-state index contributed by atoms with van der Waals surface area (Å²) in [6.45, 7) is 0.644. The van der Waals surface area contributed by atoms with E-state index in [9.17, 15) is 17.6 Å². The summed E-state index contributed by atoms with van der Waals surface area (Å²) in [7, 11) is -3.70. The van der Waals surface area contributed by atoms with Gasteiger partial charge in [0, 0.05) is 25.2 Å². The Labute approximate surface area is 160 Å². The molecule has 0 spiro atoms. The second-order valence-corrected chi connectivity index (χ2v) is 10.0. The second-order valence-electron chi connectivity index (χ2n) is 8.07. The minimum absolute atomic E-state index is 0.0897. The molecule has 1 saturated heterocycles. The number of amides is 1. The molecule has 1 atom stereocenters. The Hall–Kier alpha value is -1.47. The van der Waals surface area contributed by atoms with Crippen molar-refractivity contribution in [2.75, 3.05) is 13.1 Å². The lowest BCUT2D eigenvalue weighted by Gasteiger charge is -2.37. The van der Waals surface area contributed by atoms with Gasteiger partial charge in [-0.15, -0.1) is 0 Å². The summed E-state index contributed by atoms with van der Waals surface area (Å²) in [4.78, 5) is 15.5. The van der Waals surface area contributed by atoms with Crippen LogP contribution in [0.2, 0.25) is 0 Å². The van der Waals surface area contributed by atoms with E-state index in [-0.39, 0.29) is 23.3 Å². The van der Waals surface area contributed by atoms with Gasteiger partial charge in [0.2, 0.25) is 15.9 Å². The molecule has 148 valence electrons. The van der Waals surface area contributed by atoms with Crippen molar-refractivity contribution in [1.82, 2.24) is 9.21 Å². The van der Waals surface area contributed by atoms with Crippen LogP contribution in [0.3, 0.4) is 0 Å². The lowest BCUT2D eigenvalue weighted by molar-refractivity contribution is -0.139. The molecule has 3 aliphatic rings. The van der Waals surface area contributed by atoms with E-state index < -0.39 is 15.8 Å². The maximum absolute atomic E-state index is 13.3. The van der Waals surface area contributed by atoms with Crippen LogP contribution < -0.4 is 0 Å². The molecule has 7 heteroatoms. The van der Waals surface area contributed by atoms with E-state index in [2.05, 4.69) is 4.90 Å². The predicted molar refractivity (Wildman–Crippen MR) is 100 cm³/mol. The zero-order valence-electron chi connectivity index (χ0n) is 15.5. The molecule has 1 aromatic carbocycles. The van der Waals surface area contributed by atoms with Crippen molar-refractivity contribution in [2.24, 2.45) is 5.92 Å². The fourth-order valence-corrected chi connectivity index (χ4v) is 6.05. The first kappa shape index (κ1) is 18.9. The van der Waals surface area contributed by atoms with Crippen molar-refractivity contribution in [3.63, 3.8) is 0 Å². The van der Waals surface area contributed by atoms with Gasteiger partial charge in [-0.3, -0.25) is 4.79 Å². The van der Waals surface area contributed by atoms with Crippen LogP contribution in [0.4, 0.5) is 4.39 Å². The van der Waals surface area contributed by atoms with Gasteiger partial charge in [0.25, 0.3) is 0 Å². The van der Waals surface area contributed by atoms with Crippen LogP contribution in [0, 0.1) is 11.7 Å². The number of hydrogen-bond donors (Lipinski definition) is 0. The summed E-state index contributed by atoms with van der Waals surface area (Å²) in [5, 5.41) is 0. The zero-order valence-corrected chi connectivity index (χ0v) is 16.3. The molecule has 1 amide bonds. The molecule has 0 radical (unpaired) electrons. The van der Waals surface area contributed by atoms with Crippen LogP contribution >= 0.6 is 0 Å². The minimum Gasteiger partial charge on any atom is -0.336 e. The molecule has 1 unspecified atom stereocenters. The van der Waals surface area contributed by atoms with Crippen molar-refractivity contribution < 1.29 is 17.6 Å². The lowest BCUT2D eigenvalue weighted by atomic mass is 9.97. The van der Waals surface area contributed by atoms with Crippen molar-refractivity contribution in [1.29, 1.82) is 0 Å². The Morgan fingerprint density at radius 2 is 1.59 bits per heavy atom. The maximum Gasteiger partial charge on any atom is 0.243 e. The summed E-state index contributed by atoms with van der Waals surface area (Å²) in [6.07, 6.45) is 8.08. The van der Waals surface area contributed by atoms with Gasteiger partial charge in [0.1, 0.15) is 5.82 Å². The molecule has 0 N–H and O–H groups in total. The summed E-state index contributed by atoms with van der Waals surface area (Å²) in [5.74, 6) is -0.587. The van der Waals surface area contributed by atoms with Gasteiger partial charge in [0.15, 0.2) is 0 Å². The molecule has 27 heavy (non-hydrogen) atoms. The highest BCUT2D eigenvalue weighted by atomic mass is 32.2. The Balaban J connectivity index is 1.50. The average Bonchev–Trinajstić information content (AvgIpc) is 3.36. The van der Waals surface area contributed by atoms with Crippen LogP contribution in [-0.4, -0.2) is 48.7 Å². The van der Waals surface area contributed by atoms with Crippen LogP contribution in [0.1, 0.15) is 51.4 Å². The standard InChI is InChI=1S/C20H27FN2O3S/c21-16-7-11-19(12-8-16)27(25,26)22-13-3-4-15(14-22)20(24)23(18-9-10-18)17-5-1-2-6-17/h7-8,11-12,15,17-18H,1-6,9-10,13-14H2. The smallest absolute Gasteiger partial charge is 0.243 e. The predicted octanol–water partition coefficient (Wildman–Crippen LogP) is 3.16. The quantitative estimate of drug-likeness (QED) is 0.771. The SMILES string of the molecule is O=C(C1CCCN(S(=O)(=O)c2ccc(F)cc2)C1)N(C1CCCC1)C1CC1. The number of rotatable bonds is 5. The monoisotopic (exact) mass is 394 g/mol. The summed E-state index contributed by atoms with van der Waals surface area (Å²) in [5.41, 5.74) is 0. The molecule has 1 heterocycles. The van der Waals surface area contributed by atoms with E-state index in [0.29, 0.717) is 25.0 Å². The highest BCUT2D eigenvalue weighted by molar-refractivity contribution is 7.89. The van der Waals surface area contributed by atoms with Gasteiger partial charge in [-0.05, 0) is 62.8 Å². The summed E-state index contributed by atoms with van der Waals surface area (Å²) in [6, 6.07) is 5.62. The van der Waals surface area contributed by atoms with Gasteiger partial charge < -0.3 is 4.90 Å². The Morgan fingerprint density at radius 1 is 0.963 bits per heavy atom. The van der Waals surface area contributed by atoms with E-state index in [0.717, 1.165) is 44.2 Å². The zero-order chi connectivity index (χ0) is 19.0. The highest BCUT2D eigenvalue weighted by Crippen LogP contribution is 2.37. The molecule has 0 aromatic heterocycles. The van der Waals surface area contributed by atoms with Crippen molar-refractivity contribution >= 4 is 15.9 Å². The number of hydrogen-bond acceptors (Lipinski definition) is 3. The second kappa shape index (κ2) is 7.51. The van der Waals surface area contributed by atoms with E-state index in [1.165, 1.54) is 29.3 Å². The number of carbonyl (C=O) groups is 1. The summed E-state index contributed by atoms with van der Waals surface area (Å²) >= 11 is 0. The van der Waals surface area contributed by atoms with Crippen molar-refractivity contribution in [3.05, 3.63) is 30.1 Å². The molecular weight excluding hydrogens is 367 g/mol. The van der Waals surface area contributed by atoms with Crippen LogP contribution in [0.15, 0.2) is 29.2 Å². The largest absolute Gasteiger partial charge is 0.336 e. The topological polar surface area (TPSA) is 57.7 Å². The third-order valence-corrected chi connectivity index (χ3v) is 7.98. The Morgan fingerprint density at radius 3 is 2.22 bits per heavy atom. The molecule has 3 fully saturated rings. The molecule has 5 nitrogen and oxygen atoms in total. The molecule has 4 rings (SSSR count). The average molecular weight is 395 g/mol. The van der Waals surface area contributed by atoms with E-state index in [1.807, 2.05) is 0 Å². The first-order chi connectivity index (χ1) is 13.0.